The Kier molecular flexibility index (Phi) is 9.67. The molecular formula is C64H46N4OPt. The fourth-order valence-electron chi connectivity index (χ4n) is 10.7. The molecule has 338 valence electrons. The van der Waals surface area contributed by atoms with Gasteiger partial charge in [0.2, 0.25) is 0 Å². The molecule has 0 spiro atoms. The smallest absolute Gasteiger partial charge is 0.0374 e. The van der Waals surface area contributed by atoms with Gasteiger partial charge < -0.3 is 0 Å². The van der Waals surface area contributed by atoms with Gasteiger partial charge in [0, 0.05) is 15.9 Å². The van der Waals surface area contributed by atoms with E-state index < -0.39 is 6.85 Å². The number of hydrogen-bond donors (Lipinski definition) is 0. The number of aryl methyl sites for hydroxylation is 2. The van der Waals surface area contributed by atoms with E-state index >= 15 is 0 Å². The molecule has 0 N–H and O–H groups in total. The van der Waals surface area contributed by atoms with E-state index in [1.165, 1.54) is 27.8 Å². The molecule has 1 aliphatic rings. The van der Waals surface area contributed by atoms with Gasteiger partial charge in [-0.15, -0.1) is 0 Å². The van der Waals surface area contributed by atoms with Crippen molar-refractivity contribution >= 4 is 32.8 Å². The zero-order chi connectivity index (χ0) is 49.2. The van der Waals surface area contributed by atoms with Crippen LogP contribution in [0.4, 0.5) is 0 Å². The first-order valence-corrected chi connectivity index (χ1v) is 24.8. The van der Waals surface area contributed by atoms with Crippen LogP contribution < -0.4 is 4.74 Å². The number of pyridine rings is 1. The van der Waals surface area contributed by atoms with Gasteiger partial charge in [-0.05, 0) is 47.3 Å². The van der Waals surface area contributed by atoms with Crippen molar-refractivity contribution in [2.75, 3.05) is 0 Å². The van der Waals surface area contributed by atoms with Crippen molar-refractivity contribution in [2.45, 2.75) is 25.7 Å². The van der Waals surface area contributed by atoms with Crippen LogP contribution in [0.5, 0.6) is 11.5 Å². The SMILES string of the molecule is [2H]C([2H])([2H])c1cc(-n2c3ccc(-c4ccccc4)cc3c3ccc(Oc4ccc5c(c4)C(n4[c](=[Pt])n(-c6c(-c7ccccc7)cccc6-c6ccccc6)c6ccccc64)CC5)cc32)ncc1-c1ccccc1. The van der Waals surface area contributed by atoms with Crippen molar-refractivity contribution in [2.24, 2.45) is 0 Å². The molecule has 0 saturated heterocycles. The number of fused-ring (bicyclic) bond motifs is 5. The van der Waals surface area contributed by atoms with Crippen LogP contribution in [0.2, 0.25) is 0 Å². The Labute approximate surface area is 421 Å². The van der Waals surface area contributed by atoms with Crippen LogP contribution in [0.1, 0.15) is 33.3 Å². The fraction of sp³-hybridized carbons (Fsp3) is 0.0625. The molecule has 3 aromatic heterocycles. The molecule has 12 aromatic rings. The maximum absolute atomic E-state index is 8.66. The first-order chi connectivity index (χ1) is 35.8. The van der Waals surface area contributed by atoms with Crippen molar-refractivity contribution < 1.29 is 28.2 Å². The van der Waals surface area contributed by atoms with Gasteiger partial charge in [-0.1, -0.05) is 66.7 Å². The third-order valence-corrected chi connectivity index (χ3v) is 15.0. The van der Waals surface area contributed by atoms with Gasteiger partial charge in [0.1, 0.15) is 0 Å². The third kappa shape index (κ3) is 7.20. The molecule has 0 amide bonds. The minimum atomic E-state index is -2.38. The number of ether oxygens (including phenoxy) is 1. The molecular weight excluding hydrogens is 1040 g/mol. The van der Waals surface area contributed by atoms with E-state index in [1.807, 2.05) is 54.6 Å². The van der Waals surface area contributed by atoms with Crippen LogP contribution in [0.3, 0.4) is 0 Å². The molecule has 1 unspecified atom stereocenters. The van der Waals surface area contributed by atoms with Crippen molar-refractivity contribution in [1.82, 2.24) is 18.7 Å². The average molecular weight is 1090 g/mol. The van der Waals surface area contributed by atoms with Gasteiger partial charge >= 0.3 is 289 Å². The molecule has 0 saturated carbocycles. The summed E-state index contributed by atoms with van der Waals surface area (Å²) in [7, 11) is 0. The minimum absolute atomic E-state index is 0.0578. The van der Waals surface area contributed by atoms with Crippen molar-refractivity contribution in [3.05, 3.63) is 251 Å². The van der Waals surface area contributed by atoms with Crippen molar-refractivity contribution in [1.29, 1.82) is 0 Å². The number of aromatic nitrogens is 4. The van der Waals surface area contributed by atoms with E-state index in [2.05, 4.69) is 197 Å². The maximum Gasteiger partial charge on any atom is 0.0374 e. The van der Waals surface area contributed by atoms with E-state index in [4.69, 9.17) is 13.8 Å². The topological polar surface area (TPSA) is 36.9 Å². The van der Waals surface area contributed by atoms with E-state index in [9.17, 15) is 0 Å². The Hall–Kier alpha value is -8.11. The second-order valence-electron chi connectivity index (χ2n) is 18.0. The number of rotatable bonds is 9. The summed E-state index contributed by atoms with van der Waals surface area (Å²) in [5.41, 5.74) is 16.3. The van der Waals surface area contributed by atoms with Crippen LogP contribution in [0, 0.1) is 10.7 Å². The Morgan fingerprint density at radius 2 is 1.11 bits per heavy atom. The number of benzene rings is 9. The number of hydrogen-bond acceptors (Lipinski definition) is 2. The average Bonchev–Trinajstić information content (AvgIpc) is 4.09. The largest absolute Gasteiger partial charge is 0.238 e. The third-order valence-electron chi connectivity index (χ3n) is 13.9. The standard InChI is InChI=1S/C64H46N4O.Pt/c1-43-37-63(65-41-57(43)47-23-12-5-13-24-47)68-59-36-31-49(44-17-6-2-7-18-44)38-56(59)54-34-33-51(40-62(54)68)69-50-32-29-48-30-35-58(55(48)39-50)66-42-67(61-28-15-14-27-60(61)66)64-52(45-19-8-3-9-20-45)25-16-26-53(64)46-21-10-4-11-22-46;/h2-29,31-34,36-41,58H,30,35H2,1H3;/i1D3;. The van der Waals surface area contributed by atoms with Crippen LogP contribution in [0.25, 0.3) is 88.9 Å². The summed E-state index contributed by atoms with van der Waals surface area (Å²) in [6.45, 7) is -2.38. The Morgan fingerprint density at radius 1 is 0.500 bits per heavy atom. The summed E-state index contributed by atoms with van der Waals surface area (Å²) in [4.78, 5) is 5.00. The molecule has 1 aliphatic carbocycles. The van der Waals surface area contributed by atoms with Gasteiger partial charge in [0.05, 0.1) is 0 Å². The fourth-order valence-corrected chi connectivity index (χ4v) is 11.8. The van der Waals surface area contributed by atoms with Crippen molar-refractivity contribution in [3.8, 4) is 67.5 Å². The van der Waals surface area contributed by atoms with E-state index in [-0.39, 0.29) is 11.6 Å². The first kappa shape index (κ1) is 38.8. The zero-order valence-electron chi connectivity index (χ0n) is 40.9. The van der Waals surface area contributed by atoms with Gasteiger partial charge in [-0.3, -0.25) is 0 Å². The van der Waals surface area contributed by atoms with Gasteiger partial charge in [-0.2, -0.15) is 0 Å². The molecule has 6 heteroatoms. The maximum atomic E-state index is 8.66. The number of nitrogens with zero attached hydrogens (tertiary/aromatic N) is 4. The summed E-state index contributed by atoms with van der Waals surface area (Å²) in [6, 6.07) is 77.8. The Balaban J connectivity index is 0.929. The zero-order valence-corrected chi connectivity index (χ0v) is 40.2. The Bertz CT molecular complexity index is 4070. The normalized spacial score (nSPS) is 14.1. The van der Waals surface area contributed by atoms with Crippen LogP contribution in [-0.2, 0) is 25.8 Å². The summed E-state index contributed by atoms with van der Waals surface area (Å²) in [5, 5.41) is 2.03. The van der Waals surface area contributed by atoms with Crippen LogP contribution in [-0.4, -0.2) is 18.7 Å². The van der Waals surface area contributed by atoms with E-state index in [0.29, 0.717) is 17.1 Å². The molecule has 0 aliphatic heterocycles. The van der Waals surface area contributed by atoms with Crippen molar-refractivity contribution in [3.63, 3.8) is 0 Å². The molecule has 70 heavy (non-hydrogen) atoms. The molecule has 0 fully saturated rings. The summed E-state index contributed by atoms with van der Waals surface area (Å²) < 4.78 is 41.1. The van der Waals surface area contributed by atoms with E-state index in [0.717, 1.165) is 83.2 Å². The monoisotopic (exact) mass is 1080 g/mol. The molecule has 5 nitrogen and oxygen atoms in total. The van der Waals surface area contributed by atoms with Gasteiger partial charge in [-0.25, -0.2) is 4.98 Å². The molecule has 1 atom stereocenters. The van der Waals surface area contributed by atoms with Crippen LogP contribution in [0.15, 0.2) is 231 Å². The molecule has 0 bridgehead atoms. The predicted molar refractivity (Wildman–Crippen MR) is 283 cm³/mol. The van der Waals surface area contributed by atoms with Gasteiger partial charge in [0.15, 0.2) is 0 Å². The first-order valence-electron chi connectivity index (χ1n) is 25.2. The summed E-state index contributed by atoms with van der Waals surface area (Å²) in [5.74, 6) is 1.93. The molecule has 3 heterocycles. The predicted octanol–water partition coefficient (Wildman–Crippen LogP) is 16.3. The van der Waals surface area contributed by atoms with E-state index in [1.54, 1.807) is 12.3 Å². The quantitative estimate of drug-likeness (QED) is 0.144. The molecule has 13 rings (SSSR count). The Morgan fingerprint density at radius 3 is 1.80 bits per heavy atom. The molecule has 0 radical (unpaired) electrons. The minimum Gasteiger partial charge on any atom is -0.238 e. The summed E-state index contributed by atoms with van der Waals surface area (Å²) >= 11 is 2.56. The second-order valence-corrected chi connectivity index (χ2v) is 19.0. The number of para-hydroxylation sites is 3. The second kappa shape index (κ2) is 17.4. The molecule has 9 aromatic carbocycles. The number of imidazole rings is 1. The van der Waals surface area contributed by atoms with Crippen LogP contribution >= 0.6 is 0 Å². The van der Waals surface area contributed by atoms with Gasteiger partial charge in [0.25, 0.3) is 0 Å². The summed E-state index contributed by atoms with van der Waals surface area (Å²) in [6.07, 6.45) is 3.60.